The first-order chi connectivity index (χ1) is 12.3. The molecule has 140 valence electrons. The first-order valence-corrected chi connectivity index (χ1v) is 11.7. The van der Waals surface area contributed by atoms with Crippen LogP contribution in [-0.2, 0) is 19.9 Å². The number of sulfone groups is 1. The normalized spacial score (nSPS) is 19.8. The fourth-order valence-electron chi connectivity index (χ4n) is 3.25. The molecule has 1 aliphatic heterocycles. The van der Waals surface area contributed by atoms with Crippen LogP contribution in [0.3, 0.4) is 0 Å². The fourth-order valence-corrected chi connectivity index (χ4v) is 6.56. The van der Waals surface area contributed by atoms with Crippen LogP contribution in [0.2, 0.25) is 0 Å². The first-order valence-electron chi connectivity index (χ1n) is 8.67. The summed E-state index contributed by atoms with van der Waals surface area (Å²) in [5.41, 5.74) is 0.994. The van der Waals surface area contributed by atoms with Gasteiger partial charge in [0, 0.05) is 13.1 Å². The number of sulfonamides is 1. The molecule has 1 atom stereocenters. The SMILES string of the molecule is Cc1ccc(S(=O)(=O)N2CCCC(S(=O)(=O)c3ccccc3)CC2)cc1. The highest BCUT2D eigenvalue weighted by Crippen LogP contribution is 2.27. The zero-order chi connectivity index (χ0) is 18.8. The van der Waals surface area contributed by atoms with Crippen molar-refractivity contribution in [3.63, 3.8) is 0 Å². The van der Waals surface area contributed by atoms with Gasteiger partial charge in [-0.15, -0.1) is 0 Å². The number of nitrogens with zero attached hydrogens (tertiary/aromatic N) is 1. The quantitative estimate of drug-likeness (QED) is 0.800. The first kappa shape index (κ1) is 19.1. The molecular weight excluding hydrogens is 370 g/mol. The van der Waals surface area contributed by atoms with E-state index in [0.29, 0.717) is 30.7 Å². The van der Waals surface area contributed by atoms with Crippen LogP contribution in [0.5, 0.6) is 0 Å². The van der Waals surface area contributed by atoms with Gasteiger partial charge in [0.1, 0.15) is 0 Å². The molecule has 1 fully saturated rings. The minimum absolute atomic E-state index is 0.215. The number of rotatable bonds is 4. The molecule has 2 aromatic carbocycles. The summed E-state index contributed by atoms with van der Waals surface area (Å²) in [5, 5.41) is -0.553. The second-order valence-corrected chi connectivity index (χ2v) is 10.8. The highest BCUT2D eigenvalue weighted by molar-refractivity contribution is 7.92. The van der Waals surface area contributed by atoms with Crippen LogP contribution >= 0.6 is 0 Å². The van der Waals surface area contributed by atoms with Crippen LogP contribution in [0.1, 0.15) is 24.8 Å². The Labute approximate surface area is 155 Å². The molecule has 26 heavy (non-hydrogen) atoms. The number of benzene rings is 2. The Balaban J connectivity index is 1.79. The minimum atomic E-state index is -3.60. The Morgan fingerprint density at radius 3 is 2.12 bits per heavy atom. The van der Waals surface area contributed by atoms with E-state index in [1.165, 1.54) is 4.31 Å². The maximum absolute atomic E-state index is 12.9. The largest absolute Gasteiger partial charge is 0.243 e. The summed E-state index contributed by atoms with van der Waals surface area (Å²) in [7, 11) is -7.04. The summed E-state index contributed by atoms with van der Waals surface area (Å²) in [5.74, 6) is 0. The third-order valence-corrected chi connectivity index (χ3v) is 8.99. The number of hydrogen-bond donors (Lipinski definition) is 0. The molecule has 0 N–H and O–H groups in total. The predicted molar refractivity (Wildman–Crippen MR) is 101 cm³/mol. The van der Waals surface area contributed by atoms with Crippen LogP contribution in [0.25, 0.3) is 0 Å². The van der Waals surface area contributed by atoms with E-state index in [1.807, 2.05) is 6.92 Å². The molecule has 0 bridgehead atoms. The number of aryl methyl sites for hydroxylation is 1. The van der Waals surface area contributed by atoms with Gasteiger partial charge in [-0.2, -0.15) is 4.31 Å². The Morgan fingerprint density at radius 2 is 1.46 bits per heavy atom. The van der Waals surface area contributed by atoms with Crippen LogP contribution in [0, 0.1) is 6.92 Å². The van der Waals surface area contributed by atoms with E-state index < -0.39 is 25.1 Å². The van der Waals surface area contributed by atoms with E-state index in [-0.39, 0.29) is 11.4 Å². The summed E-state index contributed by atoms with van der Waals surface area (Å²) >= 11 is 0. The number of hydrogen-bond acceptors (Lipinski definition) is 4. The molecule has 0 amide bonds. The lowest BCUT2D eigenvalue weighted by molar-refractivity contribution is 0.423. The van der Waals surface area contributed by atoms with E-state index in [0.717, 1.165) is 5.56 Å². The third-order valence-electron chi connectivity index (χ3n) is 4.80. The smallest absolute Gasteiger partial charge is 0.223 e. The van der Waals surface area contributed by atoms with Crippen molar-refractivity contribution in [1.82, 2.24) is 4.31 Å². The van der Waals surface area contributed by atoms with Crippen molar-refractivity contribution in [3.8, 4) is 0 Å². The van der Waals surface area contributed by atoms with Gasteiger partial charge < -0.3 is 0 Å². The van der Waals surface area contributed by atoms with Gasteiger partial charge in [-0.05, 0) is 50.5 Å². The molecule has 1 aliphatic rings. The highest BCUT2D eigenvalue weighted by Gasteiger charge is 2.33. The standard InChI is InChI=1S/C19H23NO4S2/c1-16-9-11-19(12-10-16)26(23,24)20-14-5-8-18(13-15-20)25(21,22)17-6-3-2-4-7-17/h2-4,6-7,9-12,18H,5,8,13-15H2,1H3. The zero-order valence-electron chi connectivity index (χ0n) is 14.7. The van der Waals surface area contributed by atoms with Crippen molar-refractivity contribution >= 4 is 19.9 Å². The van der Waals surface area contributed by atoms with Crippen molar-refractivity contribution in [2.75, 3.05) is 13.1 Å². The summed E-state index contributed by atoms with van der Waals surface area (Å²) in [6.07, 6.45) is 1.31. The molecule has 1 saturated heterocycles. The van der Waals surface area contributed by atoms with Gasteiger partial charge in [0.25, 0.3) is 0 Å². The maximum Gasteiger partial charge on any atom is 0.243 e. The van der Waals surface area contributed by atoms with Crippen molar-refractivity contribution < 1.29 is 16.8 Å². The van der Waals surface area contributed by atoms with Crippen molar-refractivity contribution in [1.29, 1.82) is 0 Å². The van der Waals surface area contributed by atoms with Gasteiger partial charge in [0.05, 0.1) is 15.0 Å². The molecule has 5 nitrogen and oxygen atoms in total. The molecule has 7 heteroatoms. The second-order valence-electron chi connectivity index (χ2n) is 6.63. The van der Waals surface area contributed by atoms with Crippen LogP contribution < -0.4 is 0 Å². The van der Waals surface area contributed by atoms with Gasteiger partial charge in [-0.3, -0.25) is 0 Å². The topological polar surface area (TPSA) is 71.5 Å². The predicted octanol–water partition coefficient (Wildman–Crippen LogP) is 3.01. The molecule has 0 aromatic heterocycles. The monoisotopic (exact) mass is 393 g/mol. The summed E-state index contributed by atoms with van der Waals surface area (Å²) in [6, 6.07) is 15.1. The van der Waals surface area contributed by atoms with Crippen molar-refractivity contribution in [2.24, 2.45) is 0 Å². The molecular formula is C19H23NO4S2. The van der Waals surface area contributed by atoms with E-state index in [9.17, 15) is 16.8 Å². The van der Waals surface area contributed by atoms with E-state index in [2.05, 4.69) is 0 Å². The van der Waals surface area contributed by atoms with Gasteiger partial charge in [-0.25, -0.2) is 16.8 Å². The van der Waals surface area contributed by atoms with Gasteiger partial charge in [0.15, 0.2) is 9.84 Å². The lowest BCUT2D eigenvalue weighted by Gasteiger charge is -2.20. The van der Waals surface area contributed by atoms with Gasteiger partial charge in [0.2, 0.25) is 10.0 Å². The highest BCUT2D eigenvalue weighted by atomic mass is 32.2. The second kappa shape index (κ2) is 7.50. The minimum Gasteiger partial charge on any atom is -0.223 e. The fraction of sp³-hybridized carbons (Fsp3) is 0.368. The average molecular weight is 394 g/mol. The van der Waals surface area contributed by atoms with Crippen LogP contribution in [-0.4, -0.2) is 39.5 Å². The van der Waals surface area contributed by atoms with Crippen molar-refractivity contribution in [3.05, 3.63) is 60.2 Å². The van der Waals surface area contributed by atoms with Crippen LogP contribution in [0.4, 0.5) is 0 Å². The van der Waals surface area contributed by atoms with Crippen LogP contribution in [0.15, 0.2) is 64.4 Å². The molecule has 3 rings (SSSR count). The molecule has 0 aliphatic carbocycles. The Bertz CT molecular complexity index is 952. The van der Waals surface area contributed by atoms with E-state index in [4.69, 9.17) is 0 Å². The average Bonchev–Trinajstić information content (AvgIpc) is 2.90. The lowest BCUT2D eigenvalue weighted by atomic mass is 10.2. The lowest BCUT2D eigenvalue weighted by Crippen LogP contribution is -2.32. The Hall–Kier alpha value is -1.70. The maximum atomic E-state index is 12.9. The summed E-state index contributed by atoms with van der Waals surface area (Å²) in [6.45, 7) is 2.46. The summed E-state index contributed by atoms with van der Waals surface area (Å²) in [4.78, 5) is 0.562. The third kappa shape index (κ3) is 3.84. The van der Waals surface area contributed by atoms with E-state index >= 15 is 0 Å². The molecule has 1 unspecified atom stereocenters. The van der Waals surface area contributed by atoms with Crippen molar-refractivity contribution in [2.45, 2.75) is 41.2 Å². The molecule has 2 aromatic rings. The molecule has 0 radical (unpaired) electrons. The molecule has 0 saturated carbocycles. The Kier molecular flexibility index (Phi) is 5.50. The van der Waals surface area contributed by atoms with Gasteiger partial charge >= 0.3 is 0 Å². The summed E-state index contributed by atoms with van der Waals surface area (Å²) < 4.78 is 52.8. The Morgan fingerprint density at radius 1 is 0.808 bits per heavy atom. The van der Waals surface area contributed by atoms with E-state index in [1.54, 1.807) is 54.6 Å². The zero-order valence-corrected chi connectivity index (χ0v) is 16.3. The molecule has 0 spiro atoms. The molecule has 1 heterocycles. The van der Waals surface area contributed by atoms with Gasteiger partial charge in [-0.1, -0.05) is 35.9 Å².